The van der Waals surface area contributed by atoms with Crippen LogP contribution in [0.5, 0.6) is 0 Å². The average molecular weight is 266 g/mol. The minimum atomic E-state index is -0.944. The van der Waals surface area contributed by atoms with Gasteiger partial charge in [-0.25, -0.2) is 0 Å². The molecule has 1 heterocycles. The molecule has 0 bridgehead atoms. The lowest BCUT2D eigenvalue weighted by atomic mass is 10.1. The zero-order valence-corrected chi connectivity index (χ0v) is 10.9. The third kappa shape index (κ3) is 2.34. The SMILES string of the molecule is CNC(C(=O)O)c1ccc2c(c1)NC(=O)C(C)S2. The number of aliphatic carboxylic acids is 1. The number of anilines is 1. The van der Waals surface area contributed by atoms with E-state index in [2.05, 4.69) is 10.6 Å². The van der Waals surface area contributed by atoms with Gasteiger partial charge in [-0.3, -0.25) is 9.59 Å². The molecule has 2 rings (SSSR count). The number of hydrogen-bond donors (Lipinski definition) is 3. The fourth-order valence-corrected chi connectivity index (χ4v) is 2.77. The van der Waals surface area contributed by atoms with Gasteiger partial charge in [-0.15, -0.1) is 11.8 Å². The van der Waals surface area contributed by atoms with E-state index < -0.39 is 12.0 Å². The van der Waals surface area contributed by atoms with E-state index in [4.69, 9.17) is 5.11 Å². The number of hydrogen-bond acceptors (Lipinski definition) is 4. The molecule has 0 radical (unpaired) electrons. The molecule has 1 aliphatic heterocycles. The molecule has 2 atom stereocenters. The van der Waals surface area contributed by atoms with E-state index in [1.165, 1.54) is 11.8 Å². The predicted molar refractivity (Wildman–Crippen MR) is 69.8 cm³/mol. The standard InChI is InChI=1S/C12H14N2O3S/c1-6-11(15)14-8-5-7(3-4-9(8)18-6)10(13-2)12(16)17/h3-6,10,13H,1-2H3,(H,14,15)(H,16,17). The van der Waals surface area contributed by atoms with Crippen molar-refractivity contribution in [1.82, 2.24) is 5.32 Å². The molecule has 1 amide bonds. The van der Waals surface area contributed by atoms with Crippen LogP contribution in [0.3, 0.4) is 0 Å². The minimum Gasteiger partial charge on any atom is -0.480 e. The molecular formula is C12H14N2O3S. The number of carbonyl (C=O) groups is 2. The number of fused-ring (bicyclic) bond motifs is 1. The quantitative estimate of drug-likeness (QED) is 0.772. The van der Waals surface area contributed by atoms with Crippen molar-refractivity contribution in [1.29, 1.82) is 0 Å². The normalized spacial score (nSPS) is 19.9. The Labute approximate surface area is 109 Å². The van der Waals surface area contributed by atoms with E-state index in [0.29, 0.717) is 11.3 Å². The molecule has 0 spiro atoms. The van der Waals surface area contributed by atoms with E-state index in [1.54, 1.807) is 19.2 Å². The summed E-state index contributed by atoms with van der Waals surface area (Å²) in [7, 11) is 1.59. The van der Waals surface area contributed by atoms with E-state index in [0.717, 1.165) is 4.90 Å². The van der Waals surface area contributed by atoms with Crippen LogP contribution >= 0.6 is 11.8 Å². The van der Waals surface area contributed by atoms with Gasteiger partial charge in [-0.05, 0) is 31.7 Å². The maximum absolute atomic E-state index is 11.6. The number of rotatable bonds is 3. The summed E-state index contributed by atoms with van der Waals surface area (Å²) < 4.78 is 0. The number of carboxylic acids is 1. The second-order valence-electron chi connectivity index (χ2n) is 4.06. The Morgan fingerprint density at radius 2 is 2.28 bits per heavy atom. The molecule has 0 saturated carbocycles. The molecule has 18 heavy (non-hydrogen) atoms. The third-order valence-electron chi connectivity index (χ3n) is 2.80. The first-order valence-corrected chi connectivity index (χ1v) is 6.42. The summed E-state index contributed by atoms with van der Waals surface area (Å²) in [6.07, 6.45) is 0. The number of amides is 1. The fourth-order valence-electron chi connectivity index (χ4n) is 1.84. The Kier molecular flexibility index (Phi) is 3.58. The van der Waals surface area contributed by atoms with Crippen LogP contribution in [-0.2, 0) is 9.59 Å². The summed E-state index contributed by atoms with van der Waals surface area (Å²) in [6, 6.07) is 4.56. The monoisotopic (exact) mass is 266 g/mol. The number of carbonyl (C=O) groups excluding carboxylic acids is 1. The van der Waals surface area contributed by atoms with Gasteiger partial charge in [0.25, 0.3) is 0 Å². The first kappa shape index (κ1) is 12.9. The van der Waals surface area contributed by atoms with Crippen molar-refractivity contribution >= 4 is 29.3 Å². The van der Waals surface area contributed by atoms with Crippen LogP contribution < -0.4 is 10.6 Å². The Morgan fingerprint density at radius 1 is 1.56 bits per heavy atom. The van der Waals surface area contributed by atoms with Gasteiger partial charge < -0.3 is 15.7 Å². The Morgan fingerprint density at radius 3 is 2.89 bits per heavy atom. The van der Waals surface area contributed by atoms with Gasteiger partial charge in [-0.1, -0.05) is 6.07 Å². The Bertz CT molecular complexity index is 504. The maximum Gasteiger partial charge on any atom is 0.325 e. The highest BCUT2D eigenvalue weighted by Gasteiger charge is 2.25. The van der Waals surface area contributed by atoms with Crippen LogP contribution in [0, 0.1) is 0 Å². The first-order valence-electron chi connectivity index (χ1n) is 5.54. The predicted octanol–water partition coefficient (Wildman–Crippen LogP) is 1.46. The molecule has 1 aliphatic rings. The van der Waals surface area contributed by atoms with Crippen molar-refractivity contribution in [2.45, 2.75) is 23.1 Å². The van der Waals surface area contributed by atoms with Crippen molar-refractivity contribution in [2.75, 3.05) is 12.4 Å². The summed E-state index contributed by atoms with van der Waals surface area (Å²) in [4.78, 5) is 23.6. The van der Waals surface area contributed by atoms with Gasteiger partial charge in [0.1, 0.15) is 6.04 Å². The highest BCUT2D eigenvalue weighted by Crippen LogP contribution is 2.36. The molecule has 3 N–H and O–H groups in total. The van der Waals surface area contributed by atoms with Crippen molar-refractivity contribution in [3.05, 3.63) is 23.8 Å². The average Bonchev–Trinajstić information content (AvgIpc) is 2.31. The lowest BCUT2D eigenvalue weighted by Gasteiger charge is -2.23. The fraction of sp³-hybridized carbons (Fsp3) is 0.333. The van der Waals surface area contributed by atoms with Crippen molar-refractivity contribution in [2.24, 2.45) is 0 Å². The second-order valence-corrected chi connectivity index (χ2v) is 5.45. The van der Waals surface area contributed by atoms with Gasteiger partial charge in [0, 0.05) is 4.90 Å². The molecule has 0 aromatic heterocycles. The van der Waals surface area contributed by atoms with Crippen molar-refractivity contribution in [3.63, 3.8) is 0 Å². The molecule has 1 aromatic rings. The molecule has 2 unspecified atom stereocenters. The minimum absolute atomic E-state index is 0.0546. The van der Waals surface area contributed by atoms with E-state index in [9.17, 15) is 9.59 Å². The molecular weight excluding hydrogens is 252 g/mol. The van der Waals surface area contributed by atoms with Crippen LogP contribution in [-0.4, -0.2) is 29.3 Å². The second kappa shape index (κ2) is 4.99. The Balaban J connectivity index is 2.35. The number of benzene rings is 1. The van der Waals surface area contributed by atoms with Crippen LogP contribution in [0.25, 0.3) is 0 Å². The Hall–Kier alpha value is -1.53. The topological polar surface area (TPSA) is 78.4 Å². The largest absolute Gasteiger partial charge is 0.480 e. The third-order valence-corrected chi connectivity index (χ3v) is 3.98. The van der Waals surface area contributed by atoms with Crippen molar-refractivity contribution in [3.8, 4) is 0 Å². The van der Waals surface area contributed by atoms with E-state index in [1.807, 2.05) is 13.0 Å². The smallest absolute Gasteiger partial charge is 0.325 e. The summed E-state index contributed by atoms with van der Waals surface area (Å²) in [5, 5.41) is 14.5. The number of nitrogens with one attached hydrogen (secondary N) is 2. The molecule has 0 aliphatic carbocycles. The molecule has 1 aromatic carbocycles. The summed E-state index contributed by atoms with van der Waals surface area (Å²) >= 11 is 1.48. The summed E-state index contributed by atoms with van der Waals surface area (Å²) in [6.45, 7) is 1.84. The van der Waals surface area contributed by atoms with Gasteiger partial charge in [0.2, 0.25) is 5.91 Å². The number of carboxylic acid groups (broad SMARTS) is 1. The first-order chi connectivity index (χ1) is 8.52. The molecule has 0 fully saturated rings. The van der Waals surface area contributed by atoms with Gasteiger partial charge >= 0.3 is 5.97 Å². The summed E-state index contributed by atoms with van der Waals surface area (Å²) in [5.74, 6) is -0.999. The zero-order chi connectivity index (χ0) is 13.3. The molecule has 5 nitrogen and oxygen atoms in total. The van der Waals surface area contributed by atoms with Crippen LogP contribution in [0.4, 0.5) is 5.69 Å². The van der Waals surface area contributed by atoms with Crippen LogP contribution in [0.2, 0.25) is 0 Å². The summed E-state index contributed by atoms with van der Waals surface area (Å²) in [5.41, 5.74) is 1.31. The maximum atomic E-state index is 11.6. The molecule has 6 heteroatoms. The zero-order valence-electron chi connectivity index (χ0n) is 10.1. The van der Waals surface area contributed by atoms with Gasteiger partial charge in [-0.2, -0.15) is 0 Å². The highest BCUT2D eigenvalue weighted by atomic mass is 32.2. The van der Waals surface area contributed by atoms with E-state index >= 15 is 0 Å². The number of thioether (sulfide) groups is 1. The van der Waals surface area contributed by atoms with Crippen molar-refractivity contribution < 1.29 is 14.7 Å². The number of likely N-dealkylation sites (N-methyl/N-ethyl adjacent to an activating group) is 1. The lowest BCUT2D eigenvalue weighted by Crippen LogP contribution is -2.28. The molecule has 0 saturated heterocycles. The van der Waals surface area contributed by atoms with Crippen LogP contribution in [0.15, 0.2) is 23.1 Å². The molecule has 96 valence electrons. The lowest BCUT2D eigenvalue weighted by molar-refractivity contribution is -0.139. The highest BCUT2D eigenvalue weighted by molar-refractivity contribution is 8.00. The van der Waals surface area contributed by atoms with E-state index in [-0.39, 0.29) is 11.2 Å². The van der Waals surface area contributed by atoms with Gasteiger partial charge in [0.15, 0.2) is 0 Å². The van der Waals surface area contributed by atoms with Crippen LogP contribution in [0.1, 0.15) is 18.5 Å². The van der Waals surface area contributed by atoms with Gasteiger partial charge in [0.05, 0.1) is 10.9 Å².